The van der Waals surface area contributed by atoms with Crippen LogP contribution >= 0.6 is 0 Å². The summed E-state index contributed by atoms with van der Waals surface area (Å²) < 4.78 is 26.9. The normalized spacial score (nSPS) is 14.2. The average molecular weight is 364 g/mol. The number of aromatic amines is 1. The maximum Gasteiger partial charge on any atom is 0.238 e. The molecule has 4 aromatic rings. The SMILES string of the molecule is O=S(=O)(c1ccccc1)C(O)(c1cccnc1)c1cc2ccccc2[nH]1. The number of H-pyrrole nitrogens is 1. The lowest BCUT2D eigenvalue weighted by atomic mass is 10.1. The summed E-state index contributed by atoms with van der Waals surface area (Å²) in [5.74, 6) is 0. The Morgan fingerprint density at radius 1 is 0.923 bits per heavy atom. The van der Waals surface area contributed by atoms with E-state index in [0.29, 0.717) is 0 Å². The molecule has 1 atom stereocenters. The highest BCUT2D eigenvalue weighted by atomic mass is 32.2. The van der Waals surface area contributed by atoms with Gasteiger partial charge in [-0.3, -0.25) is 4.98 Å². The summed E-state index contributed by atoms with van der Waals surface area (Å²) in [6.07, 6.45) is 2.90. The van der Waals surface area contributed by atoms with Gasteiger partial charge < -0.3 is 10.1 Å². The maximum absolute atomic E-state index is 13.4. The lowest BCUT2D eigenvalue weighted by molar-refractivity contribution is 0.162. The van der Waals surface area contributed by atoms with Crippen LogP contribution in [0.3, 0.4) is 0 Å². The lowest BCUT2D eigenvalue weighted by Crippen LogP contribution is -2.37. The molecule has 1 unspecified atom stereocenters. The molecule has 2 N–H and O–H groups in total. The van der Waals surface area contributed by atoms with E-state index in [-0.39, 0.29) is 16.2 Å². The van der Waals surface area contributed by atoms with Crippen molar-refractivity contribution >= 4 is 20.7 Å². The van der Waals surface area contributed by atoms with Crippen molar-refractivity contribution in [3.05, 3.63) is 96.4 Å². The van der Waals surface area contributed by atoms with Crippen molar-refractivity contribution in [3.63, 3.8) is 0 Å². The van der Waals surface area contributed by atoms with Gasteiger partial charge in [-0.15, -0.1) is 0 Å². The summed E-state index contributed by atoms with van der Waals surface area (Å²) in [5.41, 5.74) is 1.10. The van der Waals surface area contributed by atoms with Crippen LogP contribution in [0.2, 0.25) is 0 Å². The van der Waals surface area contributed by atoms with Crippen LogP contribution in [0.25, 0.3) is 10.9 Å². The first-order valence-corrected chi connectivity index (χ1v) is 9.52. The Bertz CT molecular complexity index is 1120. The molecule has 0 bridgehead atoms. The molecule has 2 aromatic carbocycles. The fourth-order valence-corrected chi connectivity index (χ4v) is 4.73. The molecule has 5 nitrogen and oxygen atoms in total. The third-order valence-corrected chi connectivity index (χ3v) is 6.52. The topological polar surface area (TPSA) is 83.1 Å². The second kappa shape index (κ2) is 6.09. The monoisotopic (exact) mass is 364 g/mol. The quantitative estimate of drug-likeness (QED) is 0.582. The molecule has 26 heavy (non-hydrogen) atoms. The molecule has 0 saturated heterocycles. The molecule has 0 amide bonds. The standard InChI is InChI=1S/C20H16N2O3S/c23-20(16-8-6-12-21-14-16,26(24,25)17-9-2-1-3-10-17)19-13-15-7-4-5-11-18(15)22-19/h1-14,22-23H. The number of hydrogen-bond acceptors (Lipinski definition) is 4. The molecule has 4 rings (SSSR count). The Hall–Kier alpha value is -2.96. The van der Waals surface area contributed by atoms with E-state index >= 15 is 0 Å². The molecule has 0 aliphatic heterocycles. The summed E-state index contributed by atoms with van der Waals surface area (Å²) in [6, 6.07) is 20.1. The van der Waals surface area contributed by atoms with Gasteiger partial charge in [0.05, 0.1) is 10.6 Å². The van der Waals surface area contributed by atoms with Crippen LogP contribution in [0.5, 0.6) is 0 Å². The molecule has 0 saturated carbocycles. The van der Waals surface area contributed by atoms with E-state index in [4.69, 9.17) is 0 Å². The Morgan fingerprint density at radius 3 is 2.35 bits per heavy atom. The zero-order chi connectivity index (χ0) is 18.2. The number of benzene rings is 2. The zero-order valence-electron chi connectivity index (χ0n) is 13.7. The van der Waals surface area contributed by atoms with Crippen molar-refractivity contribution in [1.29, 1.82) is 0 Å². The fourth-order valence-electron chi connectivity index (χ4n) is 3.04. The predicted octanol–water partition coefficient (Wildman–Crippen LogP) is 3.23. The first-order chi connectivity index (χ1) is 12.5. The number of fused-ring (bicyclic) bond motifs is 1. The van der Waals surface area contributed by atoms with Crippen molar-refractivity contribution < 1.29 is 13.5 Å². The lowest BCUT2D eigenvalue weighted by Gasteiger charge is -2.27. The second-order valence-corrected chi connectivity index (χ2v) is 8.04. The van der Waals surface area contributed by atoms with Crippen LogP contribution in [0.4, 0.5) is 0 Å². The minimum atomic E-state index is -4.17. The van der Waals surface area contributed by atoms with E-state index < -0.39 is 14.8 Å². The molecule has 6 heteroatoms. The Labute approximate surface area is 150 Å². The maximum atomic E-state index is 13.4. The number of nitrogens with zero attached hydrogens (tertiary/aromatic N) is 1. The van der Waals surface area contributed by atoms with Gasteiger partial charge in [-0.25, -0.2) is 8.42 Å². The molecular formula is C20H16N2O3S. The molecule has 0 fully saturated rings. The van der Waals surface area contributed by atoms with Gasteiger partial charge in [-0.05, 0) is 35.7 Å². The van der Waals surface area contributed by atoms with E-state index in [2.05, 4.69) is 9.97 Å². The average Bonchev–Trinajstić information content (AvgIpc) is 3.13. The fraction of sp³-hybridized carbons (Fsp3) is 0.0500. The third kappa shape index (κ3) is 2.42. The molecule has 0 aliphatic rings. The van der Waals surface area contributed by atoms with Gasteiger partial charge >= 0.3 is 0 Å². The number of hydrogen-bond donors (Lipinski definition) is 2. The van der Waals surface area contributed by atoms with E-state index in [1.54, 1.807) is 36.4 Å². The minimum Gasteiger partial charge on any atom is -0.366 e. The van der Waals surface area contributed by atoms with Crippen molar-refractivity contribution in [1.82, 2.24) is 9.97 Å². The van der Waals surface area contributed by atoms with Crippen LogP contribution in [0.1, 0.15) is 11.3 Å². The first kappa shape index (κ1) is 16.5. The van der Waals surface area contributed by atoms with Gasteiger partial charge in [-0.1, -0.05) is 42.5 Å². The number of rotatable bonds is 4. The number of aromatic nitrogens is 2. The molecule has 0 spiro atoms. The summed E-state index contributed by atoms with van der Waals surface area (Å²) in [5, 5.41) is 12.4. The highest BCUT2D eigenvalue weighted by Crippen LogP contribution is 2.39. The third-order valence-electron chi connectivity index (χ3n) is 4.39. The van der Waals surface area contributed by atoms with Gasteiger partial charge in [0.1, 0.15) is 0 Å². The molecular weight excluding hydrogens is 348 g/mol. The second-order valence-electron chi connectivity index (χ2n) is 5.97. The molecule has 2 heterocycles. The van der Waals surface area contributed by atoms with E-state index in [1.165, 1.54) is 24.5 Å². The van der Waals surface area contributed by atoms with Crippen molar-refractivity contribution in [2.75, 3.05) is 0 Å². The smallest absolute Gasteiger partial charge is 0.238 e. The van der Waals surface area contributed by atoms with E-state index in [1.807, 2.05) is 24.3 Å². The van der Waals surface area contributed by atoms with Crippen LogP contribution < -0.4 is 0 Å². The summed E-state index contributed by atoms with van der Waals surface area (Å²) in [6.45, 7) is 0. The van der Waals surface area contributed by atoms with E-state index in [0.717, 1.165) is 10.9 Å². The number of pyridine rings is 1. The molecule has 130 valence electrons. The summed E-state index contributed by atoms with van der Waals surface area (Å²) >= 11 is 0. The van der Waals surface area contributed by atoms with Crippen molar-refractivity contribution in [2.24, 2.45) is 0 Å². The number of aliphatic hydroxyl groups is 1. The molecule has 0 aliphatic carbocycles. The van der Waals surface area contributed by atoms with Gasteiger partial charge in [-0.2, -0.15) is 0 Å². The highest BCUT2D eigenvalue weighted by molar-refractivity contribution is 7.92. The van der Waals surface area contributed by atoms with Crippen LogP contribution in [0.15, 0.2) is 90.1 Å². The predicted molar refractivity (Wildman–Crippen MR) is 99.2 cm³/mol. The number of para-hydroxylation sites is 1. The number of sulfone groups is 1. The summed E-state index contributed by atoms with van der Waals surface area (Å²) in [4.78, 5) is 4.80. The van der Waals surface area contributed by atoms with Gasteiger partial charge in [0, 0.05) is 23.5 Å². The van der Waals surface area contributed by atoms with Crippen LogP contribution in [-0.4, -0.2) is 23.5 Å². The van der Waals surface area contributed by atoms with Crippen molar-refractivity contribution in [2.45, 2.75) is 9.83 Å². The largest absolute Gasteiger partial charge is 0.366 e. The highest BCUT2D eigenvalue weighted by Gasteiger charge is 2.47. The molecule has 0 radical (unpaired) electrons. The first-order valence-electron chi connectivity index (χ1n) is 8.04. The molecule has 2 aromatic heterocycles. The Morgan fingerprint density at radius 2 is 1.65 bits per heavy atom. The Kier molecular flexibility index (Phi) is 3.86. The minimum absolute atomic E-state index is 0.0324. The van der Waals surface area contributed by atoms with Gasteiger partial charge in [0.2, 0.25) is 14.8 Å². The van der Waals surface area contributed by atoms with E-state index in [9.17, 15) is 13.5 Å². The van der Waals surface area contributed by atoms with Crippen LogP contribution in [0, 0.1) is 0 Å². The van der Waals surface area contributed by atoms with Gasteiger partial charge in [0.25, 0.3) is 0 Å². The Balaban J connectivity index is 2.02. The number of nitrogens with one attached hydrogen (secondary N) is 1. The van der Waals surface area contributed by atoms with Crippen molar-refractivity contribution in [3.8, 4) is 0 Å². The zero-order valence-corrected chi connectivity index (χ0v) is 14.5. The van der Waals surface area contributed by atoms with Gasteiger partial charge in [0.15, 0.2) is 0 Å². The summed E-state index contributed by atoms with van der Waals surface area (Å²) in [7, 11) is -4.17. The van der Waals surface area contributed by atoms with Crippen LogP contribution in [-0.2, 0) is 14.8 Å².